The summed E-state index contributed by atoms with van der Waals surface area (Å²) in [7, 11) is 0. The molecule has 0 aliphatic heterocycles. The van der Waals surface area contributed by atoms with Crippen LogP contribution in [0.4, 0.5) is 11.5 Å². The van der Waals surface area contributed by atoms with Crippen LogP contribution < -0.4 is 5.32 Å². The fraction of sp³-hybridized carbons (Fsp3) is 0.300. The van der Waals surface area contributed by atoms with Crippen LogP contribution in [0.2, 0.25) is 0 Å². The van der Waals surface area contributed by atoms with Crippen molar-refractivity contribution in [3.63, 3.8) is 0 Å². The lowest BCUT2D eigenvalue weighted by molar-refractivity contribution is -0.385. The summed E-state index contributed by atoms with van der Waals surface area (Å²) in [6, 6.07) is 0. The van der Waals surface area contributed by atoms with Gasteiger partial charge in [-0.1, -0.05) is 5.16 Å². The van der Waals surface area contributed by atoms with Crippen LogP contribution in [0.25, 0.3) is 0 Å². The zero-order valence-corrected chi connectivity index (χ0v) is 11.5. The second-order valence-corrected chi connectivity index (χ2v) is 4.49. The number of hydrogen-bond donors (Lipinski definition) is 1. The van der Waals surface area contributed by atoms with E-state index < -0.39 is 4.92 Å². The molecule has 0 fully saturated rings. The van der Waals surface area contributed by atoms with Crippen LogP contribution in [0.15, 0.2) is 21.5 Å². The van der Waals surface area contributed by atoms with E-state index >= 15 is 0 Å². The minimum absolute atomic E-state index is 0.0191. The summed E-state index contributed by atoms with van der Waals surface area (Å²) >= 11 is 3.30. The summed E-state index contributed by atoms with van der Waals surface area (Å²) in [5.74, 6) is 1.06. The van der Waals surface area contributed by atoms with Crippen LogP contribution in [-0.2, 0) is 6.42 Å². The SMILES string of the molecule is Cc1c([N+](=O)[O-])cnc(NCCc2ncno2)c1Br. The van der Waals surface area contributed by atoms with Crippen molar-refractivity contribution < 1.29 is 9.45 Å². The largest absolute Gasteiger partial charge is 0.369 e. The van der Waals surface area contributed by atoms with Crippen LogP contribution in [0.1, 0.15) is 11.5 Å². The van der Waals surface area contributed by atoms with Gasteiger partial charge in [-0.15, -0.1) is 0 Å². The van der Waals surface area contributed by atoms with Crippen molar-refractivity contribution in [2.24, 2.45) is 0 Å². The number of pyridine rings is 1. The van der Waals surface area contributed by atoms with Crippen molar-refractivity contribution in [1.82, 2.24) is 15.1 Å². The highest BCUT2D eigenvalue weighted by Gasteiger charge is 2.16. The van der Waals surface area contributed by atoms with Crippen molar-refractivity contribution >= 4 is 27.4 Å². The third kappa shape index (κ3) is 3.05. The number of hydrogen-bond acceptors (Lipinski definition) is 7. The van der Waals surface area contributed by atoms with E-state index in [0.717, 1.165) is 0 Å². The smallest absolute Gasteiger partial charge is 0.291 e. The fourth-order valence-corrected chi connectivity index (χ4v) is 1.92. The molecular formula is C10H10BrN5O3. The Kier molecular flexibility index (Phi) is 4.05. The second kappa shape index (κ2) is 5.74. The molecule has 0 saturated carbocycles. The second-order valence-electron chi connectivity index (χ2n) is 3.70. The predicted octanol–water partition coefficient (Wildman–Crippen LogP) is 2.10. The van der Waals surface area contributed by atoms with E-state index in [1.54, 1.807) is 6.92 Å². The highest BCUT2D eigenvalue weighted by Crippen LogP contribution is 2.30. The Morgan fingerprint density at radius 3 is 2.95 bits per heavy atom. The molecule has 1 N–H and O–H groups in total. The normalized spacial score (nSPS) is 10.4. The predicted molar refractivity (Wildman–Crippen MR) is 69.8 cm³/mol. The highest BCUT2D eigenvalue weighted by molar-refractivity contribution is 9.10. The monoisotopic (exact) mass is 327 g/mol. The van der Waals surface area contributed by atoms with Gasteiger partial charge in [0.25, 0.3) is 5.69 Å². The molecule has 100 valence electrons. The van der Waals surface area contributed by atoms with E-state index in [9.17, 15) is 10.1 Å². The molecule has 19 heavy (non-hydrogen) atoms. The average Bonchev–Trinajstić information content (AvgIpc) is 2.87. The van der Waals surface area contributed by atoms with Gasteiger partial charge in [-0.25, -0.2) is 4.98 Å². The maximum absolute atomic E-state index is 10.8. The molecule has 0 aliphatic rings. The number of nitro groups is 1. The van der Waals surface area contributed by atoms with Crippen LogP contribution >= 0.6 is 15.9 Å². The maximum atomic E-state index is 10.8. The number of anilines is 1. The molecule has 8 nitrogen and oxygen atoms in total. The third-order valence-corrected chi connectivity index (χ3v) is 3.44. The van der Waals surface area contributed by atoms with Gasteiger partial charge in [0.15, 0.2) is 6.33 Å². The van der Waals surface area contributed by atoms with Gasteiger partial charge in [-0.3, -0.25) is 10.1 Å². The molecule has 0 unspecified atom stereocenters. The summed E-state index contributed by atoms with van der Waals surface area (Å²) in [5.41, 5.74) is 0.509. The van der Waals surface area contributed by atoms with Crippen LogP contribution in [0.3, 0.4) is 0 Å². The molecule has 0 bridgehead atoms. The van der Waals surface area contributed by atoms with Gasteiger partial charge < -0.3 is 9.84 Å². The number of aromatic nitrogens is 3. The van der Waals surface area contributed by atoms with Crippen LogP contribution in [0, 0.1) is 17.0 Å². The lowest BCUT2D eigenvalue weighted by atomic mass is 10.2. The first kappa shape index (κ1) is 13.4. The molecule has 2 aromatic heterocycles. The van der Waals surface area contributed by atoms with E-state index in [4.69, 9.17) is 4.52 Å². The Morgan fingerprint density at radius 1 is 1.53 bits per heavy atom. The molecule has 0 atom stereocenters. The van der Waals surface area contributed by atoms with Gasteiger partial charge in [-0.2, -0.15) is 4.98 Å². The molecule has 2 heterocycles. The minimum atomic E-state index is -0.463. The van der Waals surface area contributed by atoms with Gasteiger partial charge in [0, 0.05) is 18.5 Å². The Balaban J connectivity index is 2.05. The lowest BCUT2D eigenvalue weighted by Gasteiger charge is -2.08. The highest BCUT2D eigenvalue weighted by atomic mass is 79.9. The molecule has 0 aliphatic carbocycles. The van der Waals surface area contributed by atoms with E-state index in [1.165, 1.54) is 12.5 Å². The molecule has 0 radical (unpaired) electrons. The van der Waals surface area contributed by atoms with Gasteiger partial charge in [0.2, 0.25) is 5.89 Å². The van der Waals surface area contributed by atoms with Crippen molar-refractivity contribution in [3.8, 4) is 0 Å². The zero-order valence-electron chi connectivity index (χ0n) is 9.96. The van der Waals surface area contributed by atoms with E-state index in [2.05, 4.69) is 36.4 Å². The summed E-state index contributed by atoms with van der Waals surface area (Å²) in [4.78, 5) is 18.2. The first-order valence-corrected chi connectivity index (χ1v) is 6.18. The molecule has 2 rings (SSSR count). The van der Waals surface area contributed by atoms with E-state index in [1.807, 2.05) is 0 Å². The Morgan fingerprint density at radius 2 is 2.32 bits per heavy atom. The molecule has 0 saturated heterocycles. The summed E-state index contributed by atoms with van der Waals surface area (Å²) in [6.45, 7) is 2.19. The molecule has 0 spiro atoms. The van der Waals surface area contributed by atoms with Gasteiger partial charge in [-0.05, 0) is 22.9 Å². The van der Waals surface area contributed by atoms with Gasteiger partial charge in [0.05, 0.1) is 9.40 Å². The number of nitrogens with zero attached hydrogens (tertiary/aromatic N) is 4. The molecule has 9 heteroatoms. The van der Waals surface area contributed by atoms with Crippen molar-refractivity contribution in [2.75, 3.05) is 11.9 Å². The van der Waals surface area contributed by atoms with E-state index in [0.29, 0.717) is 34.7 Å². The lowest BCUT2D eigenvalue weighted by Crippen LogP contribution is -2.08. The number of rotatable bonds is 5. The first-order chi connectivity index (χ1) is 9.09. The topological polar surface area (TPSA) is 107 Å². The molecule has 0 amide bonds. The summed E-state index contributed by atoms with van der Waals surface area (Å²) < 4.78 is 5.43. The van der Waals surface area contributed by atoms with Crippen molar-refractivity contribution in [1.29, 1.82) is 0 Å². The summed E-state index contributed by atoms with van der Waals surface area (Å²) in [5, 5.41) is 17.3. The minimum Gasteiger partial charge on any atom is -0.369 e. The van der Waals surface area contributed by atoms with Crippen LogP contribution in [0.5, 0.6) is 0 Å². The van der Waals surface area contributed by atoms with Gasteiger partial charge in [0.1, 0.15) is 12.0 Å². The zero-order chi connectivity index (χ0) is 13.8. The van der Waals surface area contributed by atoms with Crippen LogP contribution in [-0.4, -0.2) is 26.6 Å². The fourth-order valence-electron chi connectivity index (χ4n) is 1.47. The van der Waals surface area contributed by atoms with Crippen molar-refractivity contribution in [2.45, 2.75) is 13.3 Å². The molecule has 2 aromatic rings. The third-order valence-electron chi connectivity index (χ3n) is 2.47. The van der Waals surface area contributed by atoms with E-state index in [-0.39, 0.29) is 5.69 Å². The Bertz CT molecular complexity index is 587. The summed E-state index contributed by atoms with van der Waals surface area (Å²) in [6.07, 6.45) is 3.11. The standard InChI is InChI=1S/C10H10BrN5O3/c1-6-7(16(17)18)4-13-10(9(6)11)12-3-2-8-14-5-15-19-8/h4-5H,2-3H2,1H3,(H,12,13). The molecular weight excluding hydrogens is 318 g/mol. The molecule has 0 aromatic carbocycles. The number of nitrogens with one attached hydrogen (secondary N) is 1. The first-order valence-electron chi connectivity index (χ1n) is 5.38. The quantitative estimate of drug-likeness (QED) is 0.661. The Labute approximate surface area is 116 Å². The van der Waals surface area contributed by atoms with Gasteiger partial charge >= 0.3 is 0 Å². The maximum Gasteiger partial charge on any atom is 0.291 e. The Hall–Kier alpha value is -2.03. The van der Waals surface area contributed by atoms with Crippen molar-refractivity contribution in [3.05, 3.63) is 38.6 Å². The average molecular weight is 328 g/mol. The number of halogens is 1.